The van der Waals surface area contributed by atoms with Crippen LogP contribution in [-0.4, -0.2) is 35.3 Å². The first-order valence-corrected chi connectivity index (χ1v) is 8.91. The molecule has 22 heavy (non-hydrogen) atoms. The first-order valence-electron chi connectivity index (χ1n) is 7.93. The Hall–Kier alpha value is -1.57. The Bertz CT molecular complexity index is 699. The average Bonchev–Trinajstić information content (AvgIpc) is 2.55. The first-order chi connectivity index (χ1) is 10.8. The molecule has 0 unspecified atom stereocenters. The fraction of sp³-hybridized carbons (Fsp3) is 0.444. The molecule has 1 fully saturated rings. The molecule has 2 aromatic rings. The van der Waals surface area contributed by atoms with Gasteiger partial charge in [0.2, 0.25) is 0 Å². The zero-order valence-corrected chi connectivity index (χ0v) is 13.8. The van der Waals surface area contributed by atoms with Gasteiger partial charge in [0, 0.05) is 17.7 Å². The molecule has 0 amide bonds. The number of thioether (sulfide) groups is 1. The number of aromatic nitrogens is 1. The third-order valence-electron chi connectivity index (χ3n) is 4.15. The fourth-order valence-corrected chi connectivity index (χ4v) is 3.89. The molecule has 2 heterocycles. The highest BCUT2D eigenvalue weighted by Crippen LogP contribution is 2.25. The number of hydrogen-bond acceptors (Lipinski definition) is 4. The van der Waals surface area contributed by atoms with Gasteiger partial charge < -0.3 is 4.90 Å². The van der Waals surface area contributed by atoms with E-state index in [0.29, 0.717) is 5.56 Å². The zero-order chi connectivity index (χ0) is 15.4. The minimum Gasteiger partial charge on any atom is -0.303 e. The number of benzene rings is 1. The van der Waals surface area contributed by atoms with Gasteiger partial charge in [-0.2, -0.15) is 5.26 Å². The Kier molecular flexibility index (Phi) is 4.97. The highest BCUT2D eigenvalue weighted by atomic mass is 32.2. The van der Waals surface area contributed by atoms with Crippen LogP contribution < -0.4 is 0 Å². The van der Waals surface area contributed by atoms with Crippen molar-refractivity contribution < 1.29 is 0 Å². The summed E-state index contributed by atoms with van der Waals surface area (Å²) in [6.07, 6.45) is 4.01. The van der Waals surface area contributed by atoms with Crippen molar-refractivity contribution in [3.05, 3.63) is 35.4 Å². The number of nitriles is 1. The van der Waals surface area contributed by atoms with E-state index in [9.17, 15) is 5.26 Å². The molecule has 4 heteroatoms. The van der Waals surface area contributed by atoms with Crippen LogP contribution in [0.25, 0.3) is 10.9 Å². The lowest BCUT2D eigenvalue weighted by Crippen LogP contribution is -2.31. The largest absolute Gasteiger partial charge is 0.303 e. The van der Waals surface area contributed by atoms with E-state index >= 15 is 0 Å². The molecule has 0 aliphatic carbocycles. The predicted octanol–water partition coefficient (Wildman–Crippen LogP) is 3.99. The maximum absolute atomic E-state index is 9.38. The summed E-state index contributed by atoms with van der Waals surface area (Å²) >= 11 is 1.71. The minimum absolute atomic E-state index is 0.696. The van der Waals surface area contributed by atoms with Crippen molar-refractivity contribution in [2.75, 3.05) is 25.4 Å². The van der Waals surface area contributed by atoms with Crippen LogP contribution in [0.15, 0.2) is 29.3 Å². The number of fused-ring (bicyclic) bond motifs is 1. The van der Waals surface area contributed by atoms with Crippen molar-refractivity contribution in [1.82, 2.24) is 9.88 Å². The van der Waals surface area contributed by atoms with Crippen molar-refractivity contribution in [3.63, 3.8) is 0 Å². The predicted molar refractivity (Wildman–Crippen MR) is 92.2 cm³/mol. The summed E-state index contributed by atoms with van der Waals surface area (Å²) in [5.74, 6) is 0.999. The van der Waals surface area contributed by atoms with Crippen LogP contribution in [0.5, 0.6) is 0 Å². The molecule has 1 aromatic heterocycles. The smallest absolute Gasteiger partial charge is 0.115 e. The fourth-order valence-electron chi connectivity index (χ4n) is 2.92. The second kappa shape index (κ2) is 7.13. The first kappa shape index (κ1) is 15.3. The van der Waals surface area contributed by atoms with Crippen LogP contribution in [0.3, 0.4) is 0 Å². The van der Waals surface area contributed by atoms with Crippen molar-refractivity contribution >= 4 is 22.7 Å². The van der Waals surface area contributed by atoms with E-state index in [2.05, 4.69) is 30.0 Å². The molecule has 3 nitrogen and oxygen atoms in total. The Morgan fingerprint density at radius 2 is 2.05 bits per heavy atom. The summed E-state index contributed by atoms with van der Waals surface area (Å²) in [4.78, 5) is 7.21. The van der Waals surface area contributed by atoms with Crippen LogP contribution >= 0.6 is 11.8 Å². The molecule has 0 spiro atoms. The monoisotopic (exact) mass is 311 g/mol. The third-order valence-corrected chi connectivity index (χ3v) is 5.12. The van der Waals surface area contributed by atoms with Gasteiger partial charge in [0.1, 0.15) is 11.1 Å². The number of hydrogen-bond donors (Lipinski definition) is 0. The van der Waals surface area contributed by atoms with Crippen LogP contribution in [0, 0.1) is 18.3 Å². The quantitative estimate of drug-likeness (QED) is 0.800. The highest BCUT2D eigenvalue weighted by Gasteiger charge is 2.11. The van der Waals surface area contributed by atoms with Gasteiger partial charge in [-0.15, -0.1) is 11.8 Å². The van der Waals surface area contributed by atoms with Crippen LogP contribution in [0.2, 0.25) is 0 Å². The number of pyridine rings is 1. The number of aryl methyl sites for hydroxylation is 1. The van der Waals surface area contributed by atoms with Gasteiger partial charge in [-0.25, -0.2) is 4.98 Å². The van der Waals surface area contributed by atoms with E-state index in [1.165, 1.54) is 37.9 Å². The lowest BCUT2D eigenvalue weighted by Gasteiger charge is -2.26. The lowest BCUT2D eigenvalue weighted by molar-refractivity contribution is 0.242. The Morgan fingerprint density at radius 1 is 1.23 bits per heavy atom. The molecule has 0 saturated carbocycles. The van der Waals surface area contributed by atoms with Gasteiger partial charge in [0.15, 0.2) is 0 Å². The third kappa shape index (κ3) is 3.60. The molecule has 1 aromatic carbocycles. The second-order valence-corrected chi connectivity index (χ2v) is 6.98. The van der Waals surface area contributed by atoms with Crippen LogP contribution in [0.4, 0.5) is 0 Å². The summed E-state index contributed by atoms with van der Waals surface area (Å²) < 4.78 is 0. The SMILES string of the molecule is Cc1ccc2nc(SCCN3CCCCC3)c(C#N)cc2c1. The van der Waals surface area contributed by atoms with Crippen molar-refractivity contribution in [1.29, 1.82) is 5.26 Å². The van der Waals surface area contributed by atoms with Crippen molar-refractivity contribution in [2.24, 2.45) is 0 Å². The van der Waals surface area contributed by atoms with Crippen LogP contribution in [-0.2, 0) is 0 Å². The van der Waals surface area contributed by atoms with Crippen molar-refractivity contribution in [3.8, 4) is 6.07 Å². The lowest BCUT2D eigenvalue weighted by atomic mass is 10.1. The summed E-state index contributed by atoms with van der Waals surface area (Å²) in [6, 6.07) is 10.5. The molecule has 1 aliphatic rings. The molecule has 114 valence electrons. The van der Waals surface area contributed by atoms with E-state index in [4.69, 9.17) is 4.98 Å². The summed E-state index contributed by atoms with van der Waals surface area (Å²) in [6.45, 7) is 5.59. The Balaban J connectivity index is 1.72. The average molecular weight is 311 g/mol. The minimum atomic E-state index is 0.696. The van der Waals surface area contributed by atoms with Gasteiger partial charge in [-0.1, -0.05) is 18.1 Å². The number of piperidine rings is 1. The summed E-state index contributed by atoms with van der Waals surface area (Å²) in [5, 5.41) is 11.3. The molecule has 0 atom stereocenters. The van der Waals surface area contributed by atoms with E-state index in [1.54, 1.807) is 11.8 Å². The van der Waals surface area contributed by atoms with Crippen LogP contribution in [0.1, 0.15) is 30.4 Å². The standard InChI is InChI=1S/C18H21N3S/c1-14-5-6-17-15(11-14)12-16(13-19)18(20-17)22-10-9-21-7-3-2-4-8-21/h5-6,11-12H,2-4,7-10H2,1H3. The normalized spacial score (nSPS) is 15.8. The molecule has 3 rings (SSSR count). The van der Waals surface area contributed by atoms with E-state index < -0.39 is 0 Å². The van der Waals surface area contributed by atoms with Gasteiger partial charge >= 0.3 is 0 Å². The molecule has 1 aliphatic heterocycles. The Labute approximate surface area is 136 Å². The van der Waals surface area contributed by atoms with Crippen molar-refractivity contribution in [2.45, 2.75) is 31.2 Å². The second-order valence-electron chi connectivity index (χ2n) is 5.90. The molecular formula is C18H21N3S. The topological polar surface area (TPSA) is 39.9 Å². The number of rotatable bonds is 4. The molecular weight excluding hydrogens is 290 g/mol. The maximum atomic E-state index is 9.38. The number of likely N-dealkylation sites (tertiary alicyclic amines) is 1. The van der Waals surface area contributed by atoms with Gasteiger partial charge in [0.25, 0.3) is 0 Å². The highest BCUT2D eigenvalue weighted by molar-refractivity contribution is 7.99. The van der Waals surface area contributed by atoms with E-state index in [0.717, 1.165) is 28.2 Å². The summed E-state index contributed by atoms with van der Waals surface area (Å²) in [7, 11) is 0. The van der Waals surface area contributed by atoms with Gasteiger partial charge in [-0.3, -0.25) is 0 Å². The number of nitrogens with zero attached hydrogens (tertiary/aromatic N) is 3. The zero-order valence-electron chi connectivity index (χ0n) is 13.0. The Morgan fingerprint density at radius 3 is 2.82 bits per heavy atom. The maximum Gasteiger partial charge on any atom is 0.115 e. The summed E-state index contributed by atoms with van der Waals surface area (Å²) in [5.41, 5.74) is 2.87. The molecule has 0 radical (unpaired) electrons. The van der Waals surface area contributed by atoms with E-state index in [1.807, 2.05) is 12.1 Å². The molecule has 1 saturated heterocycles. The van der Waals surface area contributed by atoms with Gasteiger partial charge in [-0.05, 0) is 51.1 Å². The van der Waals surface area contributed by atoms with E-state index in [-0.39, 0.29) is 0 Å². The molecule has 0 N–H and O–H groups in total. The van der Waals surface area contributed by atoms with Gasteiger partial charge in [0.05, 0.1) is 11.1 Å². The molecule has 0 bridgehead atoms.